The Morgan fingerprint density at radius 1 is 1.27 bits per heavy atom. The van der Waals surface area contributed by atoms with Crippen molar-refractivity contribution in [2.75, 3.05) is 19.7 Å². The van der Waals surface area contributed by atoms with Crippen LogP contribution < -0.4 is 20.5 Å². The lowest BCUT2D eigenvalue weighted by atomic mass is 10.0. The molecule has 4 N–H and O–H groups in total. The van der Waals surface area contributed by atoms with E-state index in [2.05, 4.69) is 10.0 Å². The quantitative estimate of drug-likeness (QED) is 0.575. The zero-order chi connectivity index (χ0) is 18.3. The van der Waals surface area contributed by atoms with Crippen LogP contribution in [0.2, 0.25) is 0 Å². The molecule has 1 aromatic rings. The Morgan fingerprint density at radius 3 is 2.58 bits per heavy atom. The van der Waals surface area contributed by atoms with Crippen LogP contribution >= 0.6 is 12.4 Å². The minimum atomic E-state index is -3.64. The molecule has 1 aliphatic carbocycles. The van der Waals surface area contributed by atoms with Crippen LogP contribution in [-0.2, 0) is 14.8 Å². The number of hydrogen-bond acceptors (Lipinski definition) is 5. The van der Waals surface area contributed by atoms with E-state index in [1.165, 1.54) is 12.1 Å². The van der Waals surface area contributed by atoms with Crippen LogP contribution in [0.4, 0.5) is 0 Å². The number of carbonyl (C=O) groups is 1. The van der Waals surface area contributed by atoms with E-state index in [4.69, 9.17) is 10.5 Å². The summed E-state index contributed by atoms with van der Waals surface area (Å²) >= 11 is 0. The maximum Gasteiger partial charge on any atom is 0.240 e. The van der Waals surface area contributed by atoms with E-state index >= 15 is 0 Å². The first-order valence-electron chi connectivity index (χ1n) is 8.68. The Hall–Kier alpha value is -1.35. The van der Waals surface area contributed by atoms with Crippen molar-refractivity contribution in [2.24, 2.45) is 11.7 Å². The molecule has 7 nitrogen and oxygen atoms in total. The molecule has 0 spiro atoms. The monoisotopic (exact) mass is 405 g/mol. The van der Waals surface area contributed by atoms with Crippen molar-refractivity contribution in [1.29, 1.82) is 0 Å². The predicted molar refractivity (Wildman–Crippen MR) is 103 cm³/mol. The van der Waals surface area contributed by atoms with Crippen LogP contribution in [0.3, 0.4) is 0 Å². The molecule has 1 fully saturated rings. The van der Waals surface area contributed by atoms with Crippen molar-refractivity contribution in [1.82, 2.24) is 10.0 Å². The molecule has 0 radical (unpaired) electrons. The highest BCUT2D eigenvalue weighted by atomic mass is 35.5. The smallest absolute Gasteiger partial charge is 0.240 e. The Labute approximate surface area is 161 Å². The van der Waals surface area contributed by atoms with Gasteiger partial charge >= 0.3 is 0 Å². The second-order valence-electron chi connectivity index (χ2n) is 6.15. The largest absolute Gasteiger partial charge is 0.494 e. The van der Waals surface area contributed by atoms with Crippen LogP contribution in [0.25, 0.3) is 0 Å². The summed E-state index contributed by atoms with van der Waals surface area (Å²) in [5.41, 5.74) is 5.70. The number of halogens is 1. The number of amides is 1. The third-order valence-corrected chi connectivity index (χ3v) is 5.87. The van der Waals surface area contributed by atoms with Gasteiger partial charge in [-0.05, 0) is 56.5 Å². The van der Waals surface area contributed by atoms with Gasteiger partial charge in [-0.3, -0.25) is 4.79 Å². The average molecular weight is 406 g/mol. The Balaban J connectivity index is 0.00000338. The number of hydrogen-bond donors (Lipinski definition) is 3. The van der Waals surface area contributed by atoms with Crippen LogP contribution in [0.15, 0.2) is 29.2 Å². The molecule has 0 saturated heterocycles. The van der Waals surface area contributed by atoms with Crippen molar-refractivity contribution in [2.45, 2.75) is 43.5 Å². The van der Waals surface area contributed by atoms with E-state index in [9.17, 15) is 13.2 Å². The molecular formula is C17H28ClN3O4S. The standard InChI is InChI=1S/C17H27N3O4S.ClH/c1-2-24-14-6-8-15(9-7-14)25(22,23)19-11-10-17(21)20-16-5-3-4-13(16)12-18;/h6-9,13,16,19H,2-5,10-12,18H2,1H3,(H,20,21);1H. The van der Waals surface area contributed by atoms with Gasteiger partial charge in [-0.25, -0.2) is 13.1 Å². The van der Waals surface area contributed by atoms with Gasteiger partial charge in [0.1, 0.15) is 5.75 Å². The van der Waals surface area contributed by atoms with E-state index in [0.29, 0.717) is 24.8 Å². The van der Waals surface area contributed by atoms with Gasteiger partial charge in [0.2, 0.25) is 15.9 Å². The summed E-state index contributed by atoms with van der Waals surface area (Å²) in [5.74, 6) is 0.788. The van der Waals surface area contributed by atoms with Crippen LogP contribution in [0.1, 0.15) is 32.6 Å². The van der Waals surface area contributed by atoms with Crippen molar-refractivity contribution < 1.29 is 17.9 Å². The minimum Gasteiger partial charge on any atom is -0.494 e. The first-order chi connectivity index (χ1) is 12.0. The normalized spacial score (nSPS) is 19.6. The van der Waals surface area contributed by atoms with Crippen LogP contribution in [0.5, 0.6) is 5.75 Å². The first kappa shape index (κ1) is 22.7. The summed E-state index contributed by atoms with van der Waals surface area (Å²) in [7, 11) is -3.64. The summed E-state index contributed by atoms with van der Waals surface area (Å²) in [6, 6.07) is 6.30. The molecule has 2 atom stereocenters. The van der Waals surface area contributed by atoms with Gasteiger partial charge in [-0.2, -0.15) is 0 Å². The molecule has 2 unspecified atom stereocenters. The number of benzene rings is 1. The number of carbonyl (C=O) groups excluding carboxylic acids is 1. The molecule has 1 saturated carbocycles. The number of sulfonamides is 1. The molecular weight excluding hydrogens is 378 g/mol. The molecule has 0 aromatic heterocycles. The van der Waals surface area contributed by atoms with Crippen molar-refractivity contribution in [3.63, 3.8) is 0 Å². The van der Waals surface area contributed by atoms with Gasteiger partial charge in [0.15, 0.2) is 0 Å². The fourth-order valence-electron chi connectivity index (χ4n) is 3.05. The van der Waals surface area contributed by atoms with E-state index < -0.39 is 10.0 Å². The molecule has 2 rings (SSSR count). The second-order valence-corrected chi connectivity index (χ2v) is 7.92. The predicted octanol–water partition coefficient (Wildman–Crippen LogP) is 1.42. The van der Waals surface area contributed by atoms with E-state index in [1.807, 2.05) is 6.92 Å². The lowest BCUT2D eigenvalue weighted by Crippen LogP contribution is -2.41. The third-order valence-electron chi connectivity index (χ3n) is 4.40. The lowest BCUT2D eigenvalue weighted by molar-refractivity contribution is -0.121. The minimum absolute atomic E-state index is 0. The van der Waals surface area contributed by atoms with Gasteiger partial charge < -0.3 is 15.8 Å². The summed E-state index contributed by atoms with van der Waals surface area (Å²) < 4.78 is 32.2. The molecule has 0 heterocycles. The highest BCUT2D eigenvalue weighted by Crippen LogP contribution is 2.24. The molecule has 148 valence electrons. The lowest BCUT2D eigenvalue weighted by Gasteiger charge is -2.19. The zero-order valence-electron chi connectivity index (χ0n) is 14.9. The van der Waals surface area contributed by atoms with Crippen LogP contribution in [-0.4, -0.2) is 40.1 Å². The molecule has 9 heteroatoms. The fourth-order valence-corrected chi connectivity index (χ4v) is 4.08. The van der Waals surface area contributed by atoms with Gasteiger partial charge in [-0.1, -0.05) is 6.42 Å². The number of ether oxygens (including phenoxy) is 1. The van der Waals surface area contributed by atoms with E-state index in [0.717, 1.165) is 19.3 Å². The number of rotatable bonds is 9. The molecule has 0 bridgehead atoms. The SMILES string of the molecule is CCOc1ccc(S(=O)(=O)NCCC(=O)NC2CCCC2CN)cc1.Cl. The van der Waals surface area contributed by atoms with E-state index in [-0.39, 0.29) is 42.2 Å². The molecule has 1 aromatic carbocycles. The van der Waals surface area contributed by atoms with Gasteiger partial charge in [0.25, 0.3) is 0 Å². The summed E-state index contributed by atoms with van der Waals surface area (Å²) in [4.78, 5) is 12.1. The maximum atomic E-state index is 12.2. The Morgan fingerprint density at radius 2 is 1.96 bits per heavy atom. The highest BCUT2D eigenvalue weighted by Gasteiger charge is 2.27. The van der Waals surface area contributed by atoms with Crippen molar-refractivity contribution in [3.8, 4) is 5.75 Å². The second kappa shape index (κ2) is 10.7. The van der Waals surface area contributed by atoms with Gasteiger partial charge in [0.05, 0.1) is 11.5 Å². The Bertz CT molecular complexity index is 667. The van der Waals surface area contributed by atoms with Gasteiger partial charge in [-0.15, -0.1) is 12.4 Å². The maximum absolute atomic E-state index is 12.2. The highest BCUT2D eigenvalue weighted by molar-refractivity contribution is 7.89. The number of nitrogens with two attached hydrogens (primary N) is 1. The third kappa shape index (κ3) is 6.42. The molecule has 26 heavy (non-hydrogen) atoms. The summed E-state index contributed by atoms with van der Waals surface area (Å²) in [5, 5.41) is 2.96. The Kier molecular flexibility index (Phi) is 9.35. The molecule has 0 aliphatic heterocycles. The van der Waals surface area contributed by atoms with Crippen molar-refractivity contribution in [3.05, 3.63) is 24.3 Å². The molecule has 1 aliphatic rings. The average Bonchev–Trinajstić information content (AvgIpc) is 3.02. The first-order valence-corrected chi connectivity index (χ1v) is 10.2. The van der Waals surface area contributed by atoms with Crippen LogP contribution in [0, 0.1) is 5.92 Å². The van der Waals surface area contributed by atoms with E-state index in [1.54, 1.807) is 12.1 Å². The van der Waals surface area contributed by atoms with Crippen molar-refractivity contribution >= 4 is 28.3 Å². The topological polar surface area (TPSA) is 111 Å². The molecule has 1 amide bonds. The summed E-state index contributed by atoms with van der Waals surface area (Å²) in [6.45, 7) is 3.00. The summed E-state index contributed by atoms with van der Waals surface area (Å²) in [6.07, 6.45) is 3.14. The zero-order valence-corrected chi connectivity index (χ0v) is 16.6. The number of nitrogens with one attached hydrogen (secondary N) is 2. The fraction of sp³-hybridized carbons (Fsp3) is 0.588. The van der Waals surface area contributed by atoms with Gasteiger partial charge in [0, 0.05) is 19.0 Å².